The van der Waals surface area contributed by atoms with Crippen LogP contribution in [0.5, 0.6) is 0 Å². The van der Waals surface area contributed by atoms with Crippen LogP contribution in [0.2, 0.25) is 0 Å². The van der Waals surface area contributed by atoms with E-state index >= 15 is 0 Å². The minimum absolute atomic E-state index is 0.0313. The first-order valence-electron chi connectivity index (χ1n) is 7.09. The quantitative estimate of drug-likeness (QED) is 0.811. The molecule has 1 unspecified atom stereocenters. The van der Waals surface area contributed by atoms with Crippen molar-refractivity contribution in [2.45, 2.75) is 46.1 Å². The molecule has 21 heavy (non-hydrogen) atoms. The van der Waals surface area contributed by atoms with Gasteiger partial charge in [-0.2, -0.15) is 4.98 Å². The molecule has 2 aromatic rings. The fraction of sp³-hybridized carbons (Fsp3) is 0.571. The third-order valence-corrected chi connectivity index (χ3v) is 3.18. The van der Waals surface area contributed by atoms with Gasteiger partial charge in [-0.05, 0) is 39.7 Å². The number of aromatic nitrogens is 4. The number of nitrogens with one attached hydrogen (secondary N) is 1. The minimum atomic E-state index is -0.120. The summed E-state index contributed by atoms with van der Waals surface area (Å²) in [5, 5.41) is 15.9. The second-order valence-electron chi connectivity index (χ2n) is 5.29. The van der Waals surface area contributed by atoms with Crippen LogP contribution in [0.4, 0.5) is 0 Å². The van der Waals surface area contributed by atoms with E-state index in [2.05, 4.69) is 20.4 Å². The molecule has 0 spiro atoms. The van der Waals surface area contributed by atoms with Crippen molar-refractivity contribution in [3.8, 4) is 0 Å². The first-order chi connectivity index (χ1) is 9.99. The Labute approximate surface area is 123 Å². The molecule has 2 aromatic heterocycles. The Morgan fingerprint density at radius 3 is 2.90 bits per heavy atom. The standard InChI is InChI=1S/C14H21N5O2/c1-9(5-4-6-20)15-13(21)8-12-17-14-16-10(2)7-11(3)19(14)18-12/h7,9,20H,4-6,8H2,1-3H3,(H,15,21). The molecule has 2 rings (SSSR count). The summed E-state index contributed by atoms with van der Waals surface area (Å²) in [5.41, 5.74) is 1.81. The molecule has 0 saturated heterocycles. The number of aliphatic hydroxyl groups excluding tert-OH is 1. The van der Waals surface area contributed by atoms with E-state index in [-0.39, 0.29) is 25.0 Å². The second kappa shape index (κ2) is 6.62. The number of rotatable bonds is 6. The van der Waals surface area contributed by atoms with Gasteiger partial charge in [0.2, 0.25) is 5.91 Å². The zero-order valence-corrected chi connectivity index (χ0v) is 12.6. The molecule has 0 aliphatic carbocycles. The van der Waals surface area contributed by atoms with E-state index < -0.39 is 0 Å². The van der Waals surface area contributed by atoms with Crippen LogP contribution in [0.25, 0.3) is 5.78 Å². The van der Waals surface area contributed by atoms with Crippen LogP contribution in [0.3, 0.4) is 0 Å². The lowest BCUT2D eigenvalue weighted by Gasteiger charge is -2.12. The number of hydrogen-bond acceptors (Lipinski definition) is 5. The Morgan fingerprint density at radius 1 is 1.43 bits per heavy atom. The highest BCUT2D eigenvalue weighted by atomic mass is 16.3. The van der Waals surface area contributed by atoms with E-state index in [0.717, 1.165) is 17.8 Å². The van der Waals surface area contributed by atoms with Crippen molar-refractivity contribution >= 4 is 11.7 Å². The molecule has 0 bridgehead atoms. The van der Waals surface area contributed by atoms with Crippen LogP contribution >= 0.6 is 0 Å². The fourth-order valence-corrected chi connectivity index (χ4v) is 2.22. The van der Waals surface area contributed by atoms with Crippen LogP contribution in [-0.2, 0) is 11.2 Å². The molecule has 0 fully saturated rings. The molecule has 1 atom stereocenters. The smallest absolute Gasteiger partial charge is 0.252 e. The summed E-state index contributed by atoms with van der Waals surface area (Å²) in [7, 11) is 0. The van der Waals surface area contributed by atoms with Gasteiger partial charge in [-0.15, -0.1) is 5.10 Å². The molecule has 0 aromatic carbocycles. The van der Waals surface area contributed by atoms with E-state index in [1.54, 1.807) is 4.52 Å². The van der Waals surface area contributed by atoms with E-state index in [9.17, 15) is 4.79 Å². The van der Waals surface area contributed by atoms with Gasteiger partial charge >= 0.3 is 0 Å². The summed E-state index contributed by atoms with van der Waals surface area (Å²) in [6, 6.07) is 1.95. The number of carbonyl (C=O) groups is 1. The van der Waals surface area contributed by atoms with Crippen LogP contribution in [0.15, 0.2) is 6.07 Å². The third-order valence-electron chi connectivity index (χ3n) is 3.18. The van der Waals surface area contributed by atoms with Crippen LogP contribution in [0, 0.1) is 13.8 Å². The zero-order chi connectivity index (χ0) is 15.4. The summed E-state index contributed by atoms with van der Waals surface area (Å²) < 4.78 is 1.64. The van der Waals surface area contributed by atoms with Crippen LogP contribution < -0.4 is 5.32 Å². The Balaban J connectivity index is 2.03. The van der Waals surface area contributed by atoms with Crippen molar-refractivity contribution in [1.29, 1.82) is 0 Å². The third kappa shape index (κ3) is 3.98. The molecule has 7 heteroatoms. The highest BCUT2D eigenvalue weighted by molar-refractivity contribution is 5.78. The van der Waals surface area contributed by atoms with E-state index in [1.807, 2.05) is 26.8 Å². The van der Waals surface area contributed by atoms with Crippen molar-refractivity contribution < 1.29 is 9.90 Å². The normalized spacial score (nSPS) is 12.6. The van der Waals surface area contributed by atoms with Crippen LogP contribution in [0.1, 0.15) is 37.0 Å². The molecule has 7 nitrogen and oxygen atoms in total. The maximum atomic E-state index is 11.9. The number of fused-ring (bicyclic) bond motifs is 1. The first-order valence-corrected chi connectivity index (χ1v) is 7.09. The average Bonchev–Trinajstić information content (AvgIpc) is 2.78. The Morgan fingerprint density at radius 2 is 2.19 bits per heavy atom. The van der Waals surface area contributed by atoms with Gasteiger partial charge in [0, 0.05) is 24.0 Å². The summed E-state index contributed by atoms with van der Waals surface area (Å²) in [5.74, 6) is 0.859. The van der Waals surface area contributed by atoms with Gasteiger partial charge in [-0.25, -0.2) is 9.50 Å². The molecular formula is C14H21N5O2. The largest absolute Gasteiger partial charge is 0.396 e. The minimum Gasteiger partial charge on any atom is -0.396 e. The van der Waals surface area contributed by atoms with Crippen LogP contribution in [-0.4, -0.2) is 43.2 Å². The van der Waals surface area contributed by atoms with Gasteiger partial charge in [0.1, 0.15) is 0 Å². The highest BCUT2D eigenvalue weighted by Crippen LogP contribution is 2.06. The second-order valence-corrected chi connectivity index (χ2v) is 5.29. The monoisotopic (exact) mass is 291 g/mol. The van der Waals surface area contributed by atoms with Gasteiger partial charge in [0.05, 0.1) is 6.42 Å². The SMILES string of the molecule is Cc1cc(C)n2nc(CC(=O)NC(C)CCCO)nc2n1. The molecule has 2 heterocycles. The van der Waals surface area contributed by atoms with Gasteiger partial charge in [-0.1, -0.05) is 0 Å². The Kier molecular flexibility index (Phi) is 4.85. The Hall–Kier alpha value is -2.02. The predicted octanol–water partition coefficient (Wildman–Crippen LogP) is 0.561. The lowest BCUT2D eigenvalue weighted by atomic mass is 10.2. The maximum absolute atomic E-state index is 11.9. The molecule has 1 amide bonds. The predicted molar refractivity (Wildman–Crippen MR) is 77.9 cm³/mol. The average molecular weight is 291 g/mol. The molecule has 2 N–H and O–H groups in total. The lowest BCUT2D eigenvalue weighted by Crippen LogP contribution is -2.34. The highest BCUT2D eigenvalue weighted by Gasteiger charge is 2.13. The lowest BCUT2D eigenvalue weighted by molar-refractivity contribution is -0.121. The Bertz CT molecular complexity index is 638. The first kappa shape index (κ1) is 15.4. The molecular weight excluding hydrogens is 270 g/mol. The molecule has 0 radical (unpaired) electrons. The fourth-order valence-electron chi connectivity index (χ4n) is 2.22. The van der Waals surface area contributed by atoms with Crippen molar-refractivity contribution in [2.75, 3.05) is 6.61 Å². The van der Waals surface area contributed by atoms with Gasteiger partial charge in [0.15, 0.2) is 5.82 Å². The summed E-state index contributed by atoms with van der Waals surface area (Å²) in [4.78, 5) is 20.5. The molecule has 0 saturated carbocycles. The number of aryl methyl sites for hydroxylation is 2. The summed E-state index contributed by atoms with van der Waals surface area (Å²) in [6.45, 7) is 5.88. The number of aliphatic hydroxyl groups is 1. The summed E-state index contributed by atoms with van der Waals surface area (Å²) >= 11 is 0. The molecule has 0 aliphatic rings. The van der Waals surface area contributed by atoms with Crippen molar-refractivity contribution in [3.05, 3.63) is 23.3 Å². The number of amides is 1. The van der Waals surface area contributed by atoms with E-state index in [0.29, 0.717) is 18.0 Å². The van der Waals surface area contributed by atoms with Crippen molar-refractivity contribution in [3.63, 3.8) is 0 Å². The van der Waals surface area contributed by atoms with E-state index in [1.165, 1.54) is 0 Å². The topological polar surface area (TPSA) is 92.4 Å². The summed E-state index contributed by atoms with van der Waals surface area (Å²) in [6.07, 6.45) is 1.56. The number of carbonyl (C=O) groups excluding carboxylic acids is 1. The van der Waals surface area contributed by atoms with Crippen molar-refractivity contribution in [2.24, 2.45) is 0 Å². The maximum Gasteiger partial charge on any atom is 0.252 e. The van der Waals surface area contributed by atoms with E-state index in [4.69, 9.17) is 5.11 Å². The van der Waals surface area contributed by atoms with Gasteiger partial charge in [-0.3, -0.25) is 4.79 Å². The zero-order valence-electron chi connectivity index (χ0n) is 12.6. The number of hydrogen-bond donors (Lipinski definition) is 2. The van der Waals surface area contributed by atoms with Gasteiger partial charge in [0.25, 0.3) is 5.78 Å². The van der Waals surface area contributed by atoms with Gasteiger partial charge < -0.3 is 10.4 Å². The molecule has 114 valence electrons. The molecule has 0 aliphatic heterocycles. The number of nitrogens with zero attached hydrogens (tertiary/aromatic N) is 4. The van der Waals surface area contributed by atoms with Crippen molar-refractivity contribution in [1.82, 2.24) is 24.9 Å².